The number of rotatable bonds is 3. The second-order valence-electron chi connectivity index (χ2n) is 5.44. The lowest BCUT2D eigenvalue weighted by atomic mass is 9.96. The maximum atomic E-state index is 11.4. The number of imidazole rings is 1. The molecule has 4 nitrogen and oxygen atoms in total. The first-order valence-corrected chi connectivity index (χ1v) is 6.86. The minimum Gasteiger partial charge on any atom is -0.481 e. The van der Waals surface area contributed by atoms with Gasteiger partial charge in [0.25, 0.3) is 0 Å². The van der Waals surface area contributed by atoms with Crippen molar-refractivity contribution in [2.75, 3.05) is 0 Å². The summed E-state index contributed by atoms with van der Waals surface area (Å²) in [6.07, 6.45) is 2.74. The van der Waals surface area contributed by atoms with Gasteiger partial charge in [-0.3, -0.25) is 4.79 Å². The molecule has 1 aromatic carbocycles. The molecule has 0 spiro atoms. The Hall–Kier alpha value is -1.84. The third kappa shape index (κ3) is 2.11. The first kappa shape index (κ1) is 12.2. The van der Waals surface area contributed by atoms with Crippen molar-refractivity contribution in [3.05, 3.63) is 30.1 Å². The zero-order valence-corrected chi connectivity index (χ0v) is 11.0. The summed E-state index contributed by atoms with van der Waals surface area (Å²) in [5, 5.41) is 9.39. The number of benzene rings is 1. The van der Waals surface area contributed by atoms with Crippen LogP contribution in [0.1, 0.15) is 37.9 Å². The summed E-state index contributed by atoms with van der Waals surface area (Å²) < 4.78 is 0. The number of hydrogen-bond donors (Lipinski definition) is 2. The van der Waals surface area contributed by atoms with E-state index in [2.05, 4.69) is 16.9 Å². The number of carbonyl (C=O) groups is 1. The van der Waals surface area contributed by atoms with Gasteiger partial charge in [-0.1, -0.05) is 25.5 Å². The number of carboxylic acid groups (broad SMARTS) is 1. The molecule has 1 saturated carbocycles. The van der Waals surface area contributed by atoms with Crippen molar-refractivity contribution < 1.29 is 9.90 Å². The highest BCUT2D eigenvalue weighted by atomic mass is 16.4. The summed E-state index contributed by atoms with van der Waals surface area (Å²) in [7, 11) is 0. The van der Waals surface area contributed by atoms with Crippen LogP contribution >= 0.6 is 0 Å². The van der Waals surface area contributed by atoms with Crippen molar-refractivity contribution in [3.63, 3.8) is 0 Å². The molecule has 1 aromatic heterocycles. The van der Waals surface area contributed by atoms with Crippen molar-refractivity contribution in [1.82, 2.24) is 9.97 Å². The van der Waals surface area contributed by atoms with Crippen LogP contribution in [-0.4, -0.2) is 21.0 Å². The largest absolute Gasteiger partial charge is 0.481 e. The lowest BCUT2D eigenvalue weighted by Gasteiger charge is -2.12. The third-order valence-electron chi connectivity index (χ3n) is 4.31. The van der Waals surface area contributed by atoms with Crippen molar-refractivity contribution in [2.45, 2.75) is 32.1 Å². The molecule has 4 heteroatoms. The highest BCUT2D eigenvalue weighted by molar-refractivity contribution is 5.76. The van der Waals surface area contributed by atoms with Gasteiger partial charge in [-0.05, 0) is 30.9 Å². The third-order valence-corrected chi connectivity index (χ3v) is 4.31. The number of aromatic amines is 1. The maximum absolute atomic E-state index is 11.4. The van der Waals surface area contributed by atoms with E-state index < -0.39 is 5.97 Å². The van der Waals surface area contributed by atoms with Crippen molar-refractivity contribution in [2.24, 2.45) is 11.8 Å². The van der Waals surface area contributed by atoms with Crippen LogP contribution in [0.25, 0.3) is 11.0 Å². The van der Waals surface area contributed by atoms with E-state index in [1.807, 2.05) is 24.3 Å². The Morgan fingerprint density at radius 2 is 2.21 bits per heavy atom. The van der Waals surface area contributed by atoms with Crippen LogP contribution in [0.4, 0.5) is 0 Å². The molecule has 3 atom stereocenters. The van der Waals surface area contributed by atoms with Crippen LogP contribution in [0.15, 0.2) is 24.3 Å². The predicted molar refractivity (Wildman–Crippen MR) is 73.0 cm³/mol. The Kier molecular flexibility index (Phi) is 3.01. The van der Waals surface area contributed by atoms with E-state index >= 15 is 0 Å². The zero-order valence-electron chi connectivity index (χ0n) is 11.0. The van der Waals surface area contributed by atoms with E-state index in [1.54, 1.807) is 0 Å². The standard InChI is InChI=1S/C15H18N2O2/c1-2-9-7-10(11(8-9)15(18)19)14-16-12-5-3-4-6-13(12)17-14/h3-6,9-11H,2,7-8H2,1H3,(H,16,17)(H,18,19). The number of H-pyrrole nitrogens is 1. The fourth-order valence-electron chi connectivity index (χ4n) is 3.20. The van der Waals surface area contributed by atoms with E-state index in [-0.39, 0.29) is 11.8 Å². The number of para-hydroxylation sites is 2. The molecular weight excluding hydrogens is 240 g/mol. The molecule has 0 bridgehead atoms. The van der Waals surface area contributed by atoms with Gasteiger partial charge in [0, 0.05) is 5.92 Å². The van der Waals surface area contributed by atoms with Crippen molar-refractivity contribution in [1.29, 1.82) is 0 Å². The number of carboxylic acids is 1. The number of aliphatic carboxylic acids is 1. The highest BCUT2D eigenvalue weighted by Gasteiger charge is 2.40. The Bertz CT molecular complexity index is 572. The molecule has 1 aliphatic carbocycles. The number of fused-ring (bicyclic) bond motifs is 1. The monoisotopic (exact) mass is 258 g/mol. The number of nitrogens with zero attached hydrogens (tertiary/aromatic N) is 1. The SMILES string of the molecule is CCC1CC(C(=O)O)C(c2nc3ccccc3[nH]2)C1. The summed E-state index contributed by atoms with van der Waals surface area (Å²) >= 11 is 0. The molecule has 0 radical (unpaired) electrons. The summed E-state index contributed by atoms with van der Waals surface area (Å²) in [6, 6.07) is 7.85. The van der Waals surface area contributed by atoms with Gasteiger partial charge in [0.1, 0.15) is 5.82 Å². The maximum Gasteiger partial charge on any atom is 0.307 e. The number of hydrogen-bond acceptors (Lipinski definition) is 2. The average Bonchev–Trinajstić information content (AvgIpc) is 3.02. The Morgan fingerprint density at radius 1 is 1.42 bits per heavy atom. The smallest absolute Gasteiger partial charge is 0.307 e. The second kappa shape index (κ2) is 4.68. The zero-order chi connectivity index (χ0) is 13.4. The van der Waals surface area contributed by atoms with E-state index in [0.29, 0.717) is 5.92 Å². The molecule has 2 N–H and O–H groups in total. The fourth-order valence-corrected chi connectivity index (χ4v) is 3.20. The molecule has 3 unspecified atom stereocenters. The summed E-state index contributed by atoms with van der Waals surface area (Å²) in [5.41, 5.74) is 1.91. The lowest BCUT2D eigenvalue weighted by Crippen LogP contribution is -2.17. The second-order valence-corrected chi connectivity index (χ2v) is 5.44. The number of nitrogens with one attached hydrogen (secondary N) is 1. The Morgan fingerprint density at radius 3 is 2.89 bits per heavy atom. The molecule has 0 amide bonds. The van der Waals surface area contributed by atoms with Gasteiger partial charge in [-0.25, -0.2) is 4.98 Å². The van der Waals surface area contributed by atoms with Crippen LogP contribution in [0.2, 0.25) is 0 Å². The van der Waals surface area contributed by atoms with Crippen LogP contribution in [-0.2, 0) is 4.79 Å². The molecule has 0 aliphatic heterocycles. The topological polar surface area (TPSA) is 66.0 Å². The van der Waals surface area contributed by atoms with E-state index in [1.165, 1.54) is 0 Å². The summed E-state index contributed by atoms with van der Waals surface area (Å²) in [6.45, 7) is 2.13. The molecule has 0 saturated heterocycles. The first-order valence-electron chi connectivity index (χ1n) is 6.86. The quantitative estimate of drug-likeness (QED) is 0.888. The molecule has 1 aliphatic rings. The van der Waals surface area contributed by atoms with Gasteiger partial charge in [-0.2, -0.15) is 0 Å². The van der Waals surface area contributed by atoms with Gasteiger partial charge >= 0.3 is 5.97 Å². The van der Waals surface area contributed by atoms with E-state index in [4.69, 9.17) is 0 Å². The molecule has 3 rings (SSSR count). The molecule has 100 valence electrons. The normalized spacial score (nSPS) is 26.9. The summed E-state index contributed by atoms with van der Waals surface area (Å²) in [5.74, 6) is 0.366. The van der Waals surface area contributed by atoms with Gasteiger partial charge < -0.3 is 10.1 Å². The number of aromatic nitrogens is 2. The minimum absolute atomic E-state index is 0.0230. The fraction of sp³-hybridized carbons (Fsp3) is 0.467. The molecule has 1 fully saturated rings. The Labute approximate surface area is 111 Å². The molecular formula is C15H18N2O2. The summed E-state index contributed by atoms with van der Waals surface area (Å²) in [4.78, 5) is 19.3. The van der Waals surface area contributed by atoms with Crippen LogP contribution < -0.4 is 0 Å². The first-order chi connectivity index (χ1) is 9.19. The predicted octanol–water partition coefficient (Wildman–Crippen LogP) is 3.17. The van der Waals surface area contributed by atoms with Crippen LogP contribution in [0, 0.1) is 11.8 Å². The van der Waals surface area contributed by atoms with Gasteiger partial charge in [-0.15, -0.1) is 0 Å². The van der Waals surface area contributed by atoms with Gasteiger partial charge in [0.2, 0.25) is 0 Å². The minimum atomic E-state index is -0.693. The van der Waals surface area contributed by atoms with E-state index in [0.717, 1.165) is 36.1 Å². The van der Waals surface area contributed by atoms with Gasteiger partial charge in [0.05, 0.1) is 17.0 Å². The van der Waals surface area contributed by atoms with Crippen LogP contribution in [0.5, 0.6) is 0 Å². The van der Waals surface area contributed by atoms with E-state index in [9.17, 15) is 9.90 Å². The molecule has 2 aromatic rings. The molecule has 1 heterocycles. The average molecular weight is 258 g/mol. The van der Waals surface area contributed by atoms with Gasteiger partial charge in [0.15, 0.2) is 0 Å². The van der Waals surface area contributed by atoms with Crippen LogP contribution in [0.3, 0.4) is 0 Å². The molecule has 19 heavy (non-hydrogen) atoms. The van der Waals surface area contributed by atoms with Crippen molar-refractivity contribution in [3.8, 4) is 0 Å². The lowest BCUT2D eigenvalue weighted by molar-refractivity contribution is -0.142. The highest BCUT2D eigenvalue weighted by Crippen LogP contribution is 2.43. The van der Waals surface area contributed by atoms with Crippen molar-refractivity contribution >= 4 is 17.0 Å². The Balaban J connectivity index is 1.97.